The molecule has 1 aromatic heterocycles. The van der Waals surface area contributed by atoms with Crippen LogP contribution in [0.4, 0.5) is 0 Å². The SMILES string of the molecule is NC(c1ccsc1)c1ccc2c(c1)C(=O)NCCC2. The van der Waals surface area contributed by atoms with Crippen LogP contribution in [0.1, 0.15) is 39.5 Å². The lowest BCUT2D eigenvalue weighted by Gasteiger charge is -2.13. The molecule has 0 saturated heterocycles. The number of thiophene rings is 1. The lowest BCUT2D eigenvalue weighted by molar-refractivity contribution is 0.0956. The Morgan fingerprint density at radius 3 is 2.95 bits per heavy atom. The monoisotopic (exact) mass is 272 g/mol. The molecular formula is C15H16N2OS. The lowest BCUT2D eigenvalue weighted by Crippen LogP contribution is -2.23. The third-order valence-electron chi connectivity index (χ3n) is 3.55. The van der Waals surface area contributed by atoms with Crippen LogP contribution in [-0.4, -0.2) is 12.5 Å². The normalized spacial score (nSPS) is 16.4. The van der Waals surface area contributed by atoms with E-state index in [-0.39, 0.29) is 11.9 Å². The van der Waals surface area contributed by atoms with E-state index in [2.05, 4.69) is 10.7 Å². The molecule has 98 valence electrons. The molecule has 0 spiro atoms. The number of carbonyl (C=O) groups is 1. The minimum atomic E-state index is -0.160. The summed E-state index contributed by atoms with van der Waals surface area (Å²) in [5, 5.41) is 7.00. The fourth-order valence-electron chi connectivity index (χ4n) is 2.44. The number of aryl methyl sites for hydroxylation is 1. The maximum absolute atomic E-state index is 12.0. The number of nitrogens with two attached hydrogens (primary N) is 1. The molecule has 0 fully saturated rings. The first-order valence-electron chi connectivity index (χ1n) is 6.44. The number of nitrogens with one attached hydrogen (secondary N) is 1. The molecule has 2 aromatic rings. The molecule has 3 rings (SSSR count). The van der Waals surface area contributed by atoms with Crippen LogP contribution in [0.2, 0.25) is 0 Å². The van der Waals surface area contributed by atoms with E-state index in [4.69, 9.17) is 5.73 Å². The van der Waals surface area contributed by atoms with Gasteiger partial charge in [0.15, 0.2) is 0 Å². The molecule has 3 nitrogen and oxygen atoms in total. The Morgan fingerprint density at radius 1 is 1.26 bits per heavy atom. The Morgan fingerprint density at radius 2 is 2.16 bits per heavy atom. The molecule has 0 radical (unpaired) electrons. The second-order valence-corrected chi connectivity index (χ2v) is 5.59. The van der Waals surface area contributed by atoms with Crippen LogP contribution in [0.25, 0.3) is 0 Å². The van der Waals surface area contributed by atoms with E-state index < -0.39 is 0 Å². The van der Waals surface area contributed by atoms with Crippen molar-refractivity contribution in [2.45, 2.75) is 18.9 Å². The highest BCUT2D eigenvalue weighted by Crippen LogP contribution is 2.25. The molecule has 4 heteroatoms. The van der Waals surface area contributed by atoms with Gasteiger partial charge in [-0.2, -0.15) is 11.3 Å². The van der Waals surface area contributed by atoms with Crippen LogP contribution in [0.3, 0.4) is 0 Å². The molecule has 1 aliphatic rings. The zero-order valence-corrected chi connectivity index (χ0v) is 11.4. The Balaban J connectivity index is 1.98. The first kappa shape index (κ1) is 12.4. The van der Waals surface area contributed by atoms with Crippen molar-refractivity contribution in [1.29, 1.82) is 0 Å². The lowest BCUT2D eigenvalue weighted by atomic mass is 9.95. The highest BCUT2D eigenvalue weighted by molar-refractivity contribution is 7.08. The summed E-state index contributed by atoms with van der Waals surface area (Å²) >= 11 is 1.64. The third kappa shape index (κ3) is 2.41. The fraction of sp³-hybridized carbons (Fsp3) is 0.267. The Kier molecular flexibility index (Phi) is 3.36. The molecular weight excluding hydrogens is 256 g/mol. The van der Waals surface area contributed by atoms with Gasteiger partial charge in [0.1, 0.15) is 0 Å². The zero-order chi connectivity index (χ0) is 13.2. The van der Waals surface area contributed by atoms with Gasteiger partial charge in [-0.15, -0.1) is 0 Å². The predicted octanol–water partition coefficient (Wildman–Crippen LogP) is 2.47. The van der Waals surface area contributed by atoms with Crippen molar-refractivity contribution in [2.75, 3.05) is 6.54 Å². The van der Waals surface area contributed by atoms with Gasteiger partial charge in [0.25, 0.3) is 5.91 Å². The number of hydrogen-bond donors (Lipinski definition) is 2. The van der Waals surface area contributed by atoms with Gasteiger partial charge < -0.3 is 11.1 Å². The quantitative estimate of drug-likeness (QED) is 0.882. The number of fused-ring (bicyclic) bond motifs is 1. The van der Waals surface area contributed by atoms with E-state index in [0.717, 1.165) is 41.6 Å². The van der Waals surface area contributed by atoms with Crippen molar-refractivity contribution >= 4 is 17.2 Å². The van der Waals surface area contributed by atoms with Gasteiger partial charge in [0.05, 0.1) is 6.04 Å². The summed E-state index contributed by atoms with van der Waals surface area (Å²) in [6, 6.07) is 7.90. The molecule has 1 unspecified atom stereocenters. The van der Waals surface area contributed by atoms with Crippen LogP contribution in [0.15, 0.2) is 35.0 Å². The Bertz CT molecular complexity index is 592. The molecule has 0 aliphatic carbocycles. The first-order chi connectivity index (χ1) is 9.25. The van der Waals surface area contributed by atoms with Crippen molar-refractivity contribution in [3.8, 4) is 0 Å². The Labute approximate surface area is 116 Å². The summed E-state index contributed by atoms with van der Waals surface area (Å²) in [6.45, 7) is 0.749. The van der Waals surface area contributed by atoms with Crippen molar-refractivity contribution in [2.24, 2.45) is 5.73 Å². The topological polar surface area (TPSA) is 55.1 Å². The molecule has 2 heterocycles. The van der Waals surface area contributed by atoms with E-state index >= 15 is 0 Å². The summed E-state index contributed by atoms with van der Waals surface area (Å²) < 4.78 is 0. The van der Waals surface area contributed by atoms with Crippen LogP contribution in [0.5, 0.6) is 0 Å². The van der Waals surface area contributed by atoms with Crippen LogP contribution >= 0.6 is 11.3 Å². The molecule has 1 atom stereocenters. The van der Waals surface area contributed by atoms with Crippen LogP contribution in [0, 0.1) is 0 Å². The summed E-state index contributed by atoms with van der Waals surface area (Å²) in [5.74, 6) is 0.0202. The average molecular weight is 272 g/mol. The van der Waals surface area contributed by atoms with E-state index in [0.29, 0.717) is 0 Å². The van der Waals surface area contributed by atoms with E-state index in [1.165, 1.54) is 0 Å². The summed E-state index contributed by atoms with van der Waals surface area (Å²) in [7, 11) is 0. The second-order valence-electron chi connectivity index (χ2n) is 4.81. The number of carbonyl (C=O) groups excluding carboxylic acids is 1. The van der Waals surface area contributed by atoms with Crippen molar-refractivity contribution in [1.82, 2.24) is 5.32 Å². The largest absolute Gasteiger partial charge is 0.352 e. The molecule has 1 aliphatic heterocycles. The van der Waals surface area contributed by atoms with Crippen molar-refractivity contribution < 1.29 is 4.79 Å². The Hall–Kier alpha value is -1.65. The highest BCUT2D eigenvalue weighted by atomic mass is 32.1. The van der Waals surface area contributed by atoms with Gasteiger partial charge in [0, 0.05) is 12.1 Å². The zero-order valence-electron chi connectivity index (χ0n) is 10.6. The van der Waals surface area contributed by atoms with Crippen molar-refractivity contribution in [3.63, 3.8) is 0 Å². The number of amides is 1. The van der Waals surface area contributed by atoms with E-state index in [1.807, 2.05) is 29.6 Å². The van der Waals surface area contributed by atoms with Gasteiger partial charge >= 0.3 is 0 Å². The van der Waals surface area contributed by atoms with E-state index in [1.54, 1.807) is 11.3 Å². The maximum atomic E-state index is 12.0. The minimum absolute atomic E-state index is 0.0202. The van der Waals surface area contributed by atoms with Gasteiger partial charge in [0.2, 0.25) is 0 Å². The summed E-state index contributed by atoms with van der Waals surface area (Å²) in [5.41, 5.74) is 10.2. The standard InChI is InChI=1S/C15H16N2OS/c16-14(12-5-7-19-9-12)11-4-3-10-2-1-6-17-15(18)13(10)8-11/h3-5,7-9,14H,1-2,6,16H2,(H,17,18). The fourth-order valence-corrected chi connectivity index (χ4v) is 3.13. The molecule has 0 bridgehead atoms. The predicted molar refractivity (Wildman–Crippen MR) is 77.4 cm³/mol. The van der Waals surface area contributed by atoms with Gasteiger partial charge in [-0.25, -0.2) is 0 Å². The first-order valence-corrected chi connectivity index (χ1v) is 7.38. The number of rotatable bonds is 2. The summed E-state index contributed by atoms with van der Waals surface area (Å²) in [4.78, 5) is 12.0. The number of benzene rings is 1. The van der Waals surface area contributed by atoms with Gasteiger partial charge in [-0.05, 0) is 52.4 Å². The second kappa shape index (κ2) is 5.15. The smallest absolute Gasteiger partial charge is 0.251 e. The average Bonchev–Trinajstić information content (AvgIpc) is 2.90. The maximum Gasteiger partial charge on any atom is 0.251 e. The number of hydrogen-bond acceptors (Lipinski definition) is 3. The molecule has 1 aromatic carbocycles. The van der Waals surface area contributed by atoms with Crippen molar-refractivity contribution in [3.05, 3.63) is 57.3 Å². The highest BCUT2D eigenvalue weighted by Gasteiger charge is 2.17. The van der Waals surface area contributed by atoms with Crippen LogP contribution in [-0.2, 0) is 6.42 Å². The molecule has 1 amide bonds. The van der Waals surface area contributed by atoms with Gasteiger partial charge in [-0.1, -0.05) is 12.1 Å². The van der Waals surface area contributed by atoms with E-state index in [9.17, 15) is 4.79 Å². The minimum Gasteiger partial charge on any atom is -0.352 e. The van der Waals surface area contributed by atoms with Gasteiger partial charge in [-0.3, -0.25) is 4.79 Å². The molecule has 3 N–H and O–H groups in total. The molecule has 19 heavy (non-hydrogen) atoms. The van der Waals surface area contributed by atoms with Crippen LogP contribution < -0.4 is 11.1 Å². The third-order valence-corrected chi connectivity index (χ3v) is 4.25. The molecule has 0 saturated carbocycles. The summed E-state index contributed by atoms with van der Waals surface area (Å²) in [6.07, 6.45) is 1.94.